The van der Waals surface area contributed by atoms with Gasteiger partial charge in [0, 0.05) is 26.3 Å². The van der Waals surface area contributed by atoms with Crippen molar-refractivity contribution >= 4 is 5.91 Å². The van der Waals surface area contributed by atoms with Crippen molar-refractivity contribution in [1.29, 1.82) is 0 Å². The Bertz CT molecular complexity index is 668. The van der Waals surface area contributed by atoms with E-state index in [0.29, 0.717) is 19.6 Å². The number of aryl methyl sites for hydroxylation is 1. The Morgan fingerprint density at radius 1 is 1.45 bits per heavy atom. The maximum Gasteiger partial charge on any atom is 0.236 e. The summed E-state index contributed by atoms with van der Waals surface area (Å²) in [6.07, 6.45) is 4.33. The summed E-state index contributed by atoms with van der Waals surface area (Å²) in [5, 5.41) is 0. The van der Waals surface area contributed by atoms with E-state index in [-0.39, 0.29) is 5.91 Å². The number of furan rings is 1. The minimum atomic E-state index is 0.0894. The van der Waals surface area contributed by atoms with Crippen molar-refractivity contribution in [3.8, 4) is 0 Å². The molecule has 0 spiro atoms. The monoisotopic (exact) mass is 300 g/mol. The van der Waals surface area contributed by atoms with Crippen LogP contribution in [0.3, 0.4) is 0 Å². The highest BCUT2D eigenvalue weighted by Crippen LogP contribution is 2.15. The van der Waals surface area contributed by atoms with Crippen LogP contribution >= 0.6 is 0 Å². The van der Waals surface area contributed by atoms with Gasteiger partial charge in [0.05, 0.1) is 18.8 Å². The number of likely N-dealkylation sites (N-methyl/N-ethyl adjacent to an activating group) is 1. The largest absolute Gasteiger partial charge is 0.464 e. The minimum absolute atomic E-state index is 0.0894. The van der Waals surface area contributed by atoms with E-state index < -0.39 is 0 Å². The highest BCUT2D eigenvalue weighted by atomic mass is 16.3. The van der Waals surface area contributed by atoms with Crippen LogP contribution in [-0.4, -0.2) is 45.8 Å². The molecule has 0 unspecified atom stereocenters. The predicted octanol–water partition coefficient (Wildman–Crippen LogP) is 1.39. The van der Waals surface area contributed by atoms with Gasteiger partial charge in [0.1, 0.15) is 17.8 Å². The molecule has 0 radical (unpaired) electrons. The number of aromatic nitrogens is 2. The summed E-state index contributed by atoms with van der Waals surface area (Å²) < 4.78 is 5.52. The smallest absolute Gasteiger partial charge is 0.236 e. The maximum absolute atomic E-state index is 12.3. The standard InChI is InChI=1S/C16H20N4O2/c1-12-3-4-14(22-12)8-19(2)16(21)10-20-6-5-13-7-17-11-18-15(13)9-20/h3-4,7,11H,5-6,8-10H2,1-2H3. The molecule has 2 aromatic heterocycles. The van der Waals surface area contributed by atoms with Crippen LogP contribution in [0.4, 0.5) is 0 Å². The fourth-order valence-electron chi connectivity index (χ4n) is 2.64. The van der Waals surface area contributed by atoms with Crippen molar-refractivity contribution in [2.45, 2.75) is 26.4 Å². The number of carbonyl (C=O) groups excluding carboxylic acids is 1. The second kappa shape index (κ2) is 6.27. The minimum Gasteiger partial charge on any atom is -0.464 e. The van der Waals surface area contributed by atoms with Crippen LogP contribution in [-0.2, 0) is 24.3 Å². The number of hydrogen-bond acceptors (Lipinski definition) is 5. The average Bonchev–Trinajstić information content (AvgIpc) is 2.92. The SMILES string of the molecule is Cc1ccc(CN(C)C(=O)CN2CCc3cncnc3C2)o1. The van der Waals surface area contributed by atoms with Crippen molar-refractivity contribution < 1.29 is 9.21 Å². The zero-order chi connectivity index (χ0) is 15.5. The van der Waals surface area contributed by atoms with E-state index in [0.717, 1.165) is 30.2 Å². The molecule has 6 heteroatoms. The molecular formula is C16H20N4O2. The van der Waals surface area contributed by atoms with Crippen molar-refractivity contribution in [3.05, 3.63) is 47.4 Å². The first-order valence-electron chi connectivity index (χ1n) is 7.41. The quantitative estimate of drug-likeness (QED) is 0.854. The number of nitrogens with zero attached hydrogens (tertiary/aromatic N) is 4. The first-order chi connectivity index (χ1) is 10.6. The Morgan fingerprint density at radius 2 is 2.32 bits per heavy atom. The lowest BCUT2D eigenvalue weighted by Gasteiger charge is -2.28. The summed E-state index contributed by atoms with van der Waals surface area (Å²) >= 11 is 0. The van der Waals surface area contributed by atoms with Crippen LogP contribution in [0.15, 0.2) is 29.1 Å². The third kappa shape index (κ3) is 3.33. The molecule has 0 saturated heterocycles. The summed E-state index contributed by atoms with van der Waals surface area (Å²) in [6.45, 7) is 4.37. The van der Waals surface area contributed by atoms with Gasteiger partial charge in [0.2, 0.25) is 5.91 Å². The van der Waals surface area contributed by atoms with Gasteiger partial charge in [-0.2, -0.15) is 0 Å². The molecule has 6 nitrogen and oxygen atoms in total. The molecule has 1 aliphatic rings. The Morgan fingerprint density at radius 3 is 3.09 bits per heavy atom. The van der Waals surface area contributed by atoms with Gasteiger partial charge in [-0.1, -0.05) is 0 Å². The molecule has 0 fully saturated rings. The summed E-state index contributed by atoms with van der Waals surface area (Å²) in [5.74, 6) is 1.76. The molecule has 1 aliphatic heterocycles. The molecule has 22 heavy (non-hydrogen) atoms. The summed E-state index contributed by atoms with van der Waals surface area (Å²) in [4.78, 5) is 24.5. The second-order valence-corrected chi connectivity index (χ2v) is 5.72. The van der Waals surface area contributed by atoms with Crippen molar-refractivity contribution in [2.75, 3.05) is 20.1 Å². The number of carbonyl (C=O) groups is 1. The van der Waals surface area contributed by atoms with Gasteiger partial charge in [-0.3, -0.25) is 9.69 Å². The molecule has 3 heterocycles. The molecule has 116 valence electrons. The van der Waals surface area contributed by atoms with Crippen LogP contribution in [0.2, 0.25) is 0 Å². The third-order valence-corrected chi connectivity index (χ3v) is 3.93. The molecule has 1 amide bonds. The van der Waals surface area contributed by atoms with E-state index in [2.05, 4.69) is 14.9 Å². The molecule has 3 rings (SSSR count). The number of hydrogen-bond donors (Lipinski definition) is 0. The van der Waals surface area contributed by atoms with Crippen LogP contribution in [0.5, 0.6) is 0 Å². The summed E-state index contributed by atoms with van der Waals surface area (Å²) in [5.41, 5.74) is 2.21. The zero-order valence-electron chi connectivity index (χ0n) is 13.0. The van der Waals surface area contributed by atoms with Gasteiger partial charge in [-0.25, -0.2) is 9.97 Å². The van der Waals surface area contributed by atoms with E-state index in [4.69, 9.17) is 4.42 Å². The summed E-state index contributed by atoms with van der Waals surface area (Å²) in [7, 11) is 1.81. The fourth-order valence-corrected chi connectivity index (χ4v) is 2.64. The third-order valence-electron chi connectivity index (χ3n) is 3.93. The molecule has 0 saturated carbocycles. The van der Waals surface area contributed by atoms with E-state index >= 15 is 0 Å². The van der Waals surface area contributed by atoms with E-state index in [1.807, 2.05) is 25.3 Å². The number of rotatable bonds is 4. The first kappa shape index (κ1) is 14.7. The van der Waals surface area contributed by atoms with Crippen molar-refractivity contribution in [3.63, 3.8) is 0 Å². The summed E-state index contributed by atoms with van der Waals surface area (Å²) in [6, 6.07) is 3.82. The van der Waals surface area contributed by atoms with Gasteiger partial charge in [-0.05, 0) is 31.0 Å². The van der Waals surface area contributed by atoms with E-state index in [9.17, 15) is 4.79 Å². The normalized spacial score (nSPS) is 14.6. The van der Waals surface area contributed by atoms with Crippen molar-refractivity contribution in [2.24, 2.45) is 0 Å². The highest BCUT2D eigenvalue weighted by molar-refractivity contribution is 5.78. The molecule has 0 bridgehead atoms. The van der Waals surface area contributed by atoms with E-state index in [1.54, 1.807) is 18.3 Å². The van der Waals surface area contributed by atoms with Gasteiger partial charge >= 0.3 is 0 Å². The first-order valence-corrected chi connectivity index (χ1v) is 7.41. The van der Waals surface area contributed by atoms with Crippen LogP contribution in [0, 0.1) is 6.92 Å². The Balaban J connectivity index is 1.56. The molecule has 0 atom stereocenters. The van der Waals surface area contributed by atoms with Crippen LogP contribution in [0.25, 0.3) is 0 Å². The maximum atomic E-state index is 12.3. The van der Waals surface area contributed by atoms with Crippen LogP contribution in [0.1, 0.15) is 22.8 Å². The van der Waals surface area contributed by atoms with Gasteiger partial charge in [0.25, 0.3) is 0 Å². The number of amides is 1. The number of fused-ring (bicyclic) bond motifs is 1. The lowest BCUT2D eigenvalue weighted by Crippen LogP contribution is -2.40. The Hall–Kier alpha value is -2.21. The molecule has 2 aromatic rings. The molecule has 0 N–H and O–H groups in total. The molecular weight excluding hydrogens is 280 g/mol. The molecule has 0 aliphatic carbocycles. The average molecular weight is 300 g/mol. The van der Waals surface area contributed by atoms with Crippen molar-refractivity contribution in [1.82, 2.24) is 19.8 Å². The predicted molar refractivity (Wildman–Crippen MR) is 80.9 cm³/mol. The van der Waals surface area contributed by atoms with Gasteiger partial charge in [-0.15, -0.1) is 0 Å². The lowest BCUT2D eigenvalue weighted by atomic mass is 10.1. The van der Waals surface area contributed by atoms with Gasteiger partial charge < -0.3 is 9.32 Å². The second-order valence-electron chi connectivity index (χ2n) is 5.72. The Labute approximate surface area is 129 Å². The topological polar surface area (TPSA) is 62.5 Å². The lowest BCUT2D eigenvalue weighted by molar-refractivity contribution is -0.132. The highest BCUT2D eigenvalue weighted by Gasteiger charge is 2.21. The van der Waals surface area contributed by atoms with Gasteiger partial charge in [0.15, 0.2) is 0 Å². The van der Waals surface area contributed by atoms with Crippen LogP contribution < -0.4 is 0 Å². The zero-order valence-corrected chi connectivity index (χ0v) is 13.0. The molecule has 0 aromatic carbocycles. The fraction of sp³-hybridized carbons (Fsp3) is 0.438. The van der Waals surface area contributed by atoms with E-state index in [1.165, 1.54) is 5.56 Å². The Kier molecular flexibility index (Phi) is 4.20.